The lowest BCUT2D eigenvalue weighted by molar-refractivity contribution is 0.0693. The molecule has 0 aromatic heterocycles. The molecule has 7 nitrogen and oxygen atoms in total. The van der Waals surface area contributed by atoms with Gasteiger partial charge in [0.25, 0.3) is 17.7 Å². The number of carbonyl (C=O) groups excluding carboxylic acids is 3. The summed E-state index contributed by atoms with van der Waals surface area (Å²) in [6.07, 6.45) is 0. The van der Waals surface area contributed by atoms with Crippen LogP contribution in [0.1, 0.15) is 31.1 Å². The second-order valence-corrected chi connectivity index (χ2v) is 6.53. The van der Waals surface area contributed by atoms with Gasteiger partial charge in [-0.05, 0) is 42.5 Å². The zero-order valence-corrected chi connectivity index (χ0v) is 14.9. The fourth-order valence-electron chi connectivity index (χ4n) is 3.28. The predicted octanol–water partition coefficient (Wildman–Crippen LogP) is 2.00. The summed E-state index contributed by atoms with van der Waals surface area (Å²) in [5, 5.41) is 2.82. The van der Waals surface area contributed by atoms with Gasteiger partial charge in [0.15, 0.2) is 0 Å². The van der Waals surface area contributed by atoms with E-state index < -0.39 is 0 Å². The summed E-state index contributed by atoms with van der Waals surface area (Å²) in [7, 11) is 1.43. The average Bonchev–Trinajstić information content (AvgIpc) is 2.93. The molecule has 2 aliphatic rings. The van der Waals surface area contributed by atoms with Crippen molar-refractivity contribution in [2.24, 2.45) is 0 Å². The van der Waals surface area contributed by atoms with Gasteiger partial charge in [-0.2, -0.15) is 0 Å². The standard InChI is InChI=1S/C20H19N3O4/c1-22-19(25)16-7-2-13(12-17(16)20(22)26)18(24)21-14-3-5-15(6-4-14)23-8-10-27-11-9-23/h2-7,12H,8-11H2,1H3,(H,21,24). The lowest BCUT2D eigenvalue weighted by atomic mass is 10.1. The normalized spacial score (nSPS) is 16.5. The average molecular weight is 365 g/mol. The summed E-state index contributed by atoms with van der Waals surface area (Å²) >= 11 is 0. The van der Waals surface area contributed by atoms with Gasteiger partial charge in [0.1, 0.15) is 0 Å². The minimum absolute atomic E-state index is 0.262. The Morgan fingerprint density at radius 2 is 1.63 bits per heavy atom. The molecule has 138 valence electrons. The van der Waals surface area contributed by atoms with Gasteiger partial charge < -0.3 is 15.0 Å². The van der Waals surface area contributed by atoms with E-state index in [4.69, 9.17) is 4.74 Å². The molecule has 0 spiro atoms. The van der Waals surface area contributed by atoms with Crippen LogP contribution >= 0.6 is 0 Å². The van der Waals surface area contributed by atoms with E-state index in [-0.39, 0.29) is 23.3 Å². The van der Waals surface area contributed by atoms with Crippen LogP contribution in [-0.2, 0) is 4.74 Å². The SMILES string of the molecule is CN1C(=O)c2ccc(C(=O)Nc3ccc(N4CCOCC4)cc3)cc2C1=O. The van der Waals surface area contributed by atoms with Crippen molar-refractivity contribution in [3.05, 3.63) is 59.2 Å². The number of rotatable bonds is 3. The molecule has 3 amide bonds. The number of carbonyl (C=O) groups is 3. The number of nitrogens with one attached hydrogen (secondary N) is 1. The summed E-state index contributed by atoms with van der Waals surface area (Å²) in [5.41, 5.74) is 2.67. The van der Waals surface area contributed by atoms with E-state index in [1.54, 1.807) is 6.07 Å². The Balaban J connectivity index is 1.48. The first-order chi connectivity index (χ1) is 13.0. The van der Waals surface area contributed by atoms with Crippen molar-refractivity contribution in [1.82, 2.24) is 4.90 Å². The van der Waals surface area contributed by atoms with Crippen LogP contribution in [0, 0.1) is 0 Å². The van der Waals surface area contributed by atoms with Gasteiger partial charge in [-0.15, -0.1) is 0 Å². The molecule has 2 heterocycles. The molecule has 1 N–H and O–H groups in total. The Hall–Kier alpha value is -3.19. The molecule has 27 heavy (non-hydrogen) atoms. The maximum absolute atomic E-state index is 12.5. The molecular weight excluding hydrogens is 346 g/mol. The second kappa shape index (κ2) is 6.85. The topological polar surface area (TPSA) is 79.0 Å². The largest absolute Gasteiger partial charge is 0.378 e. The van der Waals surface area contributed by atoms with Gasteiger partial charge in [0.05, 0.1) is 24.3 Å². The predicted molar refractivity (Wildman–Crippen MR) is 100 cm³/mol. The van der Waals surface area contributed by atoms with Crippen molar-refractivity contribution in [2.75, 3.05) is 43.6 Å². The number of imide groups is 1. The third-order valence-corrected chi connectivity index (χ3v) is 4.85. The van der Waals surface area contributed by atoms with Gasteiger partial charge in [-0.3, -0.25) is 19.3 Å². The van der Waals surface area contributed by atoms with Crippen LogP contribution in [0.25, 0.3) is 0 Å². The van der Waals surface area contributed by atoms with E-state index in [1.165, 1.54) is 19.2 Å². The third kappa shape index (κ3) is 3.17. The van der Waals surface area contributed by atoms with Gasteiger partial charge in [-0.25, -0.2) is 0 Å². The Labute approximate surface area is 156 Å². The first-order valence-electron chi connectivity index (χ1n) is 8.75. The lowest BCUT2D eigenvalue weighted by Gasteiger charge is -2.28. The number of benzene rings is 2. The van der Waals surface area contributed by atoms with Gasteiger partial charge in [0, 0.05) is 37.1 Å². The number of amides is 3. The molecule has 7 heteroatoms. The van der Waals surface area contributed by atoms with Crippen LogP contribution in [0.3, 0.4) is 0 Å². The molecular formula is C20H19N3O4. The van der Waals surface area contributed by atoms with Crippen LogP contribution in [0.4, 0.5) is 11.4 Å². The molecule has 0 radical (unpaired) electrons. The van der Waals surface area contributed by atoms with E-state index in [1.807, 2.05) is 24.3 Å². The van der Waals surface area contributed by atoms with Gasteiger partial charge in [-0.1, -0.05) is 0 Å². The van der Waals surface area contributed by atoms with E-state index in [9.17, 15) is 14.4 Å². The first kappa shape index (κ1) is 17.2. The fourth-order valence-corrected chi connectivity index (χ4v) is 3.28. The Kier molecular flexibility index (Phi) is 4.37. The molecule has 0 aliphatic carbocycles. The van der Waals surface area contributed by atoms with Crippen LogP contribution in [0.2, 0.25) is 0 Å². The number of fused-ring (bicyclic) bond motifs is 1. The van der Waals surface area contributed by atoms with Crippen molar-refractivity contribution in [1.29, 1.82) is 0 Å². The molecule has 0 saturated carbocycles. The number of nitrogens with zero attached hydrogens (tertiary/aromatic N) is 2. The number of hydrogen-bond donors (Lipinski definition) is 1. The maximum atomic E-state index is 12.5. The zero-order chi connectivity index (χ0) is 19.0. The molecule has 1 saturated heterocycles. The smallest absolute Gasteiger partial charge is 0.261 e. The molecule has 0 unspecified atom stereocenters. The number of ether oxygens (including phenoxy) is 1. The second-order valence-electron chi connectivity index (χ2n) is 6.53. The minimum atomic E-state index is -0.389. The molecule has 0 atom stereocenters. The van der Waals surface area contributed by atoms with Crippen LogP contribution in [-0.4, -0.2) is 56.0 Å². The highest BCUT2D eigenvalue weighted by atomic mass is 16.5. The molecule has 2 aromatic carbocycles. The highest BCUT2D eigenvalue weighted by Gasteiger charge is 2.33. The Morgan fingerprint density at radius 1 is 0.963 bits per heavy atom. The Morgan fingerprint density at radius 3 is 2.33 bits per heavy atom. The monoisotopic (exact) mass is 365 g/mol. The summed E-state index contributed by atoms with van der Waals surface area (Å²) in [6.45, 7) is 3.13. The van der Waals surface area contributed by atoms with E-state index in [0.717, 1.165) is 23.7 Å². The molecule has 4 rings (SSSR count). The molecule has 0 bridgehead atoms. The lowest BCUT2D eigenvalue weighted by Crippen LogP contribution is -2.36. The van der Waals surface area contributed by atoms with E-state index in [0.29, 0.717) is 30.0 Å². The maximum Gasteiger partial charge on any atom is 0.261 e. The highest BCUT2D eigenvalue weighted by Crippen LogP contribution is 2.24. The van der Waals surface area contributed by atoms with Crippen LogP contribution < -0.4 is 10.2 Å². The number of hydrogen-bond acceptors (Lipinski definition) is 5. The van der Waals surface area contributed by atoms with Gasteiger partial charge in [0.2, 0.25) is 0 Å². The van der Waals surface area contributed by atoms with Crippen LogP contribution in [0.5, 0.6) is 0 Å². The van der Waals surface area contributed by atoms with E-state index in [2.05, 4.69) is 10.2 Å². The van der Waals surface area contributed by atoms with Gasteiger partial charge >= 0.3 is 0 Å². The summed E-state index contributed by atoms with van der Waals surface area (Å²) in [5.74, 6) is -1.06. The van der Waals surface area contributed by atoms with Crippen molar-refractivity contribution in [2.45, 2.75) is 0 Å². The van der Waals surface area contributed by atoms with E-state index >= 15 is 0 Å². The van der Waals surface area contributed by atoms with Crippen molar-refractivity contribution < 1.29 is 19.1 Å². The number of morpholine rings is 1. The zero-order valence-electron chi connectivity index (χ0n) is 14.9. The van der Waals surface area contributed by atoms with Crippen LogP contribution in [0.15, 0.2) is 42.5 Å². The van der Waals surface area contributed by atoms with Crippen molar-refractivity contribution >= 4 is 29.1 Å². The summed E-state index contributed by atoms with van der Waals surface area (Å²) in [6, 6.07) is 12.2. The third-order valence-electron chi connectivity index (χ3n) is 4.85. The molecule has 2 aromatic rings. The van der Waals surface area contributed by atoms with Crippen molar-refractivity contribution in [3.63, 3.8) is 0 Å². The fraction of sp³-hybridized carbons (Fsp3) is 0.250. The van der Waals surface area contributed by atoms with Crippen molar-refractivity contribution in [3.8, 4) is 0 Å². The summed E-state index contributed by atoms with van der Waals surface area (Å²) < 4.78 is 5.35. The Bertz CT molecular complexity index is 917. The first-order valence-corrected chi connectivity index (χ1v) is 8.75. The number of anilines is 2. The molecule has 1 fully saturated rings. The highest BCUT2D eigenvalue weighted by molar-refractivity contribution is 6.22. The molecule has 2 aliphatic heterocycles. The quantitative estimate of drug-likeness (QED) is 0.842. The summed E-state index contributed by atoms with van der Waals surface area (Å²) in [4.78, 5) is 39.8. The minimum Gasteiger partial charge on any atom is -0.378 e.